The third-order valence-corrected chi connectivity index (χ3v) is 4.43. The number of aromatic nitrogens is 3. The number of amides is 1. The van der Waals surface area contributed by atoms with Crippen LogP contribution in [0.4, 0.5) is 0 Å². The SMILES string of the molecule is Cc1cccc(CCC(=O)NCCc2csc3nncn23)c1. The van der Waals surface area contributed by atoms with Crippen LogP contribution in [0.3, 0.4) is 0 Å². The van der Waals surface area contributed by atoms with E-state index in [0.717, 1.165) is 23.5 Å². The Morgan fingerprint density at radius 1 is 1.36 bits per heavy atom. The van der Waals surface area contributed by atoms with Crippen molar-refractivity contribution in [2.45, 2.75) is 26.2 Å². The average molecular weight is 314 g/mol. The van der Waals surface area contributed by atoms with Crippen LogP contribution in [0, 0.1) is 6.92 Å². The van der Waals surface area contributed by atoms with Gasteiger partial charge < -0.3 is 5.32 Å². The molecule has 2 aromatic heterocycles. The Hall–Kier alpha value is -2.21. The summed E-state index contributed by atoms with van der Waals surface area (Å²) in [5.74, 6) is 0.0942. The summed E-state index contributed by atoms with van der Waals surface area (Å²) < 4.78 is 1.96. The first-order valence-corrected chi connectivity index (χ1v) is 8.19. The van der Waals surface area contributed by atoms with Gasteiger partial charge in [-0.05, 0) is 18.9 Å². The summed E-state index contributed by atoms with van der Waals surface area (Å²) >= 11 is 1.56. The normalized spacial score (nSPS) is 11.0. The van der Waals surface area contributed by atoms with Gasteiger partial charge in [0.2, 0.25) is 10.9 Å². The van der Waals surface area contributed by atoms with Crippen LogP contribution < -0.4 is 5.32 Å². The number of fused-ring (bicyclic) bond motifs is 1. The Morgan fingerprint density at radius 2 is 2.27 bits per heavy atom. The minimum absolute atomic E-state index is 0.0942. The Morgan fingerprint density at radius 3 is 3.14 bits per heavy atom. The Balaban J connectivity index is 1.44. The fourth-order valence-electron chi connectivity index (χ4n) is 2.40. The molecule has 0 aliphatic rings. The smallest absolute Gasteiger partial charge is 0.220 e. The topological polar surface area (TPSA) is 59.3 Å². The highest BCUT2D eigenvalue weighted by Gasteiger charge is 2.06. The first-order valence-electron chi connectivity index (χ1n) is 7.31. The van der Waals surface area contributed by atoms with E-state index in [1.807, 2.05) is 10.5 Å². The second kappa shape index (κ2) is 6.70. The van der Waals surface area contributed by atoms with Gasteiger partial charge in [0.1, 0.15) is 6.33 Å². The summed E-state index contributed by atoms with van der Waals surface area (Å²) in [5, 5.41) is 12.9. The monoisotopic (exact) mass is 314 g/mol. The number of nitrogens with zero attached hydrogens (tertiary/aromatic N) is 3. The molecule has 0 fully saturated rings. The summed E-state index contributed by atoms with van der Waals surface area (Å²) in [5.41, 5.74) is 3.57. The molecule has 0 radical (unpaired) electrons. The molecule has 22 heavy (non-hydrogen) atoms. The van der Waals surface area contributed by atoms with E-state index in [4.69, 9.17) is 0 Å². The van der Waals surface area contributed by atoms with Crippen LogP contribution in [0.15, 0.2) is 36.0 Å². The van der Waals surface area contributed by atoms with Crippen molar-refractivity contribution in [3.05, 3.63) is 52.8 Å². The number of benzene rings is 1. The van der Waals surface area contributed by atoms with Crippen molar-refractivity contribution in [2.24, 2.45) is 0 Å². The molecule has 3 aromatic rings. The van der Waals surface area contributed by atoms with Crippen LogP contribution >= 0.6 is 11.3 Å². The highest BCUT2D eigenvalue weighted by atomic mass is 32.1. The van der Waals surface area contributed by atoms with Crippen molar-refractivity contribution in [3.63, 3.8) is 0 Å². The maximum Gasteiger partial charge on any atom is 0.220 e. The van der Waals surface area contributed by atoms with Crippen LogP contribution in [0.5, 0.6) is 0 Å². The predicted molar refractivity (Wildman–Crippen MR) is 87.1 cm³/mol. The number of hydrogen-bond donors (Lipinski definition) is 1. The van der Waals surface area contributed by atoms with Crippen molar-refractivity contribution in [1.29, 1.82) is 0 Å². The van der Waals surface area contributed by atoms with Gasteiger partial charge in [0.25, 0.3) is 0 Å². The van der Waals surface area contributed by atoms with Gasteiger partial charge in [0, 0.05) is 30.5 Å². The summed E-state index contributed by atoms with van der Waals surface area (Å²) in [4.78, 5) is 12.8. The van der Waals surface area contributed by atoms with E-state index in [9.17, 15) is 4.79 Å². The minimum atomic E-state index is 0.0942. The fourth-order valence-corrected chi connectivity index (χ4v) is 3.25. The van der Waals surface area contributed by atoms with E-state index in [1.54, 1.807) is 17.7 Å². The molecule has 0 aliphatic carbocycles. The maximum atomic E-state index is 11.9. The first kappa shape index (κ1) is 14.7. The van der Waals surface area contributed by atoms with Gasteiger partial charge in [-0.1, -0.05) is 29.8 Å². The van der Waals surface area contributed by atoms with Crippen LogP contribution in [-0.2, 0) is 17.6 Å². The number of rotatable bonds is 6. The summed E-state index contributed by atoms with van der Waals surface area (Å²) in [6.07, 6.45) is 3.80. The minimum Gasteiger partial charge on any atom is -0.356 e. The summed E-state index contributed by atoms with van der Waals surface area (Å²) in [6.45, 7) is 2.70. The number of carbonyl (C=O) groups is 1. The van der Waals surface area contributed by atoms with Gasteiger partial charge in [-0.25, -0.2) is 0 Å². The van der Waals surface area contributed by atoms with E-state index in [0.29, 0.717) is 13.0 Å². The van der Waals surface area contributed by atoms with Crippen molar-refractivity contribution >= 4 is 22.2 Å². The number of aryl methyl sites for hydroxylation is 2. The molecule has 6 heteroatoms. The predicted octanol–water partition coefficient (Wildman–Crippen LogP) is 2.39. The molecule has 0 aliphatic heterocycles. The number of hydrogen-bond acceptors (Lipinski definition) is 4. The second-order valence-electron chi connectivity index (χ2n) is 5.30. The van der Waals surface area contributed by atoms with Gasteiger partial charge in [0.05, 0.1) is 0 Å². The molecule has 5 nitrogen and oxygen atoms in total. The Bertz CT molecular complexity index is 777. The zero-order chi connectivity index (χ0) is 15.4. The van der Waals surface area contributed by atoms with Gasteiger partial charge in [0.15, 0.2) is 0 Å². The molecule has 114 valence electrons. The van der Waals surface area contributed by atoms with Crippen LogP contribution in [0.1, 0.15) is 23.2 Å². The molecule has 0 bridgehead atoms. The van der Waals surface area contributed by atoms with Crippen molar-refractivity contribution < 1.29 is 4.79 Å². The van der Waals surface area contributed by atoms with E-state index in [2.05, 4.69) is 46.0 Å². The highest BCUT2D eigenvalue weighted by molar-refractivity contribution is 7.15. The van der Waals surface area contributed by atoms with Crippen LogP contribution in [0.25, 0.3) is 4.96 Å². The molecule has 1 amide bonds. The number of carbonyl (C=O) groups excluding carboxylic acids is 1. The molecule has 1 N–H and O–H groups in total. The van der Waals surface area contributed by atoms with E-state index in [1.165, 1.54) is 11.1 Å². The molecular formula is C16H18N4OS. The van der Waals surface area contributed by atoms with E-state index >= 15 is 0 Å². The quantitative estimate of drug-likeness (QED) is 0.760. The lowest BCUT2D eigenvalue weighted by Gasteiger charge is -2.05. The van der Waals surface area contributed by atoms with E-state index in [-0.39, 0.29) is 5.91 Å². The summed E-state index contributed by atoms with van der Waals surface area (Å²) in [7, 11) is 0. The van der Waals surface area contributed by atoms with Gasteiger partial charge in [-0.2, -0.15) is 0 Å². The fraction of sp³-hybridized carbons (Fsp3) is 0.312. The lowest BCUT2D eigenvalue weighted by molar-refractivity contribution is -0.121. The maximum absolute atomic E-state index is 11.9. The van der Waals surface area contributed by atoms with Crippen molar-refractivity contribution in [3.8, 4) is 0 Å². The summed E-state index contributed by atoms with van der Waals surface area (Å²) in [6, 6.07) is 8.29. The van der Waals surface area contributed by atoms with Crippen molar-refractivity contribution in [2.75, 3.05) is 6.54 Å². The standard InChI is InChI=1S/C16H18N4OS/c1-12-3-2-4-13(9-12)5-6-15(21)17-8-7-14-10-22-16-19-18-11-20(14)16/h2-4,9-11H,5-8H2,1H3,(H,17,21). The lowest BCUT2D eigenvalue weighted by Crippen LogP contribution is -2.26. The van der Waals surface area contributed by atoms with Crippen LogP contribution in [0.2, 0.25) is 0 Å². The second-order valence-corrected chi connectivity index (χ2v) is 6.14. The molecule has 2 heterocycles. The third kappa shape index (κ3) is 3.51. The zero-order valence-corrected chi connectivity index (χ0v) is 13.3. The number of thiazole rings is 1. The third-order valence-electron chi connectivity index (χ3n) is 3.55. The molecule has 0 spiro atoms. The molecular weight excluding hydrogens is 296 g/mol. The molecule has 0 saturated heterocycles. The highest BCUT2D eigenvalue weighted by Crippen LogP contribution is 2.13. The lowest BCUT2D eigenvalue weighted by atomic mass is 10.1. The first-order chi connectivity index (χ1) is 10.7. The largest absolute Gasteiger partial charge is 0.356 e. The molecule has 0 saturated carbocycles. The van der Waals surface area contributed by atoms with Crippen LogP contribution in [-0.4, -0.2) is 27.0 Å². The van der Waals surface area contributed by atoms with Gasteiger partial charge in [-0.3, -0.25) is 9.20 Å². The Labute approximate surface area is 133 Å². The molecule has 0 unspecified atom stereocenters. The molecule has 3 rings (SSSR count). The Kier molecular flexibility index (Phi) is 4.48. The average Bonchev–Trinajstić information content (AvgIpc) is 3.10. The molecule has 0 atom stereocenters. The molecule has 1 aromatic carbocycles. The number of nitrogens with one attached hydrogen (secondary N) is 1. The van der Waals surface area contributed by atoms with Crippen molar-refractivity contribution in [1.82, 2.24) is 19.9 Å². The zero-order valence-electron chi connectivity index (χ0n) is 12.5. The van der Waals surface area contributed by atoms with Gasteiger partial charge in [-0.15, -0.1) is 21.5 Å². The van der Waals surface area contributed by atoms with E-state index < -0.39 is 0 Å². The van der Waals surface area contributed by atoms with Gasteiger partial charge >= 0.3 is 0 Å².